The van der Waals surface area contributed by atoms with Gasteiger partial charge in [-0.15, -0.1) is 0 Å². The average Bonchev–Trinajstić information content (AvgIpc) is 2.54. The zero-order chi connectivity index (χ0) is 15.3. The van der Waals surface area contributed by atoms with Crippen molar-refractivity contribution in [3.05, 3.63) is 5.92 Å². The fraction of sp³-hybridized carbons (Fsp3) is 0.950. The quantitative estimate of drug-likeness (QED) is 0.489. The molecule has 2 saturated carbocycles. The van der Waals surface area contributed by atoms with Crippen LogP contribution in [0.4, 0.5) is 0 Å². The molecular weight excluding hydrogens is 240 g/mol. The van der Waals surface area contributed by atoms with Gasteiger partial charge in [-0.2, -0.15) is 0 Å². The molecule has 20 heavy (non-hydrogen) atoms. The van der Waals surface area contributed by atoms with Crippen molar-refractivity contribution in [3.63, 3.8) is 0 Å². The van der Waals surface area contributed by atoms with Crippen LogP contribution in [0.1, 0.15) is 81.1 Å². The average molecular weight is 278 g/mol. The fourth-order valence-corrected chi connectivity index (χ4v) is 5.94. The van der Waals surface area contributed by atoms with Gasteiger partial charge in [0.1, 0.15) is 0 Å². The number of hydrogen-bond acceptors (Lipinski definition) is 0. The van der Waals surface area contributed by atoms with Gasteiger partial charge in [0, 0.05) is 0 Å². The van der Waals surface area contributed by atoms with Crippen LogP contribution in [0.3, 0.4) is 0 Å². The van der Waals surface area contributed by atoms with E-state index in [-0.39, 0.29) is 0 Å². The predicted octanol–water partition coefficient (Wildman–Crippen LogP) is 6.36. The molecule has 2 fully saturated rings. The molecule has 0 aliphatic heterocycles. The van der Waals surface area contributed by atoms with Gasteiger partial charge >= 0.3 is 0 Å². The Morgan fingerprint density at radius 3 is 2.10 bits per heavy atom. The van der Waals surface area contributed by atoms with Gasteiger partial charge in [0.25, 0.3) is 0 Å². The highest BCUT2D eigenvalue weighted by molar-refractivity contribution is 5.20. The van der Waals surface area contributed by atoms with Gasteiger partial charge in [-0.3, -0.25) is 0 Å². The summed E-state index contributed by atoms with van der Waals surface area (Å²) < 4.78 is 0. The molecule has 2 aliphatic rings. The largest absolute Gasteiger partial charge is 0.0622 e. The summed E-state index contributed by atoms with van der Waals surface area (Å²) >= 11 is 0. The molecule has 117 valence electrons. The maximum Gasteiger partial charge on any atom is -0.0176 e. The van der Waals surface area contributed by atoms with Gasteiger partial charge in [0.2, 0.25) is 0 Å². The Hall–Kier alpha value is 0. The Morgan fingerprint density at radius 1 is 1.00 bits per heavy atom. The second-order valence-electron chi connectivity index (χ2n) is 8.86. The highest BCUT2D eigenvalue weighted by atomic mass is 14.6. The molecule has 0 aromatic rings. The van der Waals surface area contributed by atoms with E-state index in [1.54, 1.807) is 5.92 Å². The topological polar surface area (TPSA) is 0 Å². The second kappa shape index (κ2) is 5.33. The Bertz CT molecular complexity index is 346. The van der Waals surface area contributed by atoms with Crippen LogP contribution in [0.25, 0.3) is 0 Å². The van der Waals surface area contributed by atoms with Crippen molar-refractivity contribution >= 4 is 0 Å². The molecule has 0 heteroatoms. The minimum atomic E-state index is 0.435. The summed E-state index contributed by atoms with van der Waals surface area (Å²) in [5.74, 6) is 6.02. The van der Waals surface area contributed by atoms with Gasteiger partial charge < -0.3 is 0 Å². The van der Waals surface area contributed by atoms with Crippen molar-refractivity contribution < 1.29 is 0 Å². The van der Waals surface area contributed by atoms with Crippen LogP contribution in [0, 0.1) is 46.3 Å². The zero-order valence-electron chi connectivity index (χ0n) is 15.2. The first kappa shape index (κ1) is 16.4. The van der Waals surface area contributed by atoms with E-state index in [0.29, 0.717) is 10.8 Å². The first-order valence-electron chi connectivity index (χ1n) is 9.00. The summed E-state index contributed by atoms with van der Waals surface area (Å²) in [4.78, 5) is 0. The minimum absolute atomic E-state index is 0.435. The van der Waals surface area contributed by atoms with E-state index in [9.17, 15) is 0 Å². The third-order valence-electron chi connectivity index (χ3n) is 8.48. The minimum Gasteiger partial charge on any atom is -0.0622 e. The molecule has 7 unspecified atom stereocenters. The summed E-state index contributed by atoms with van der Waals surface area (Å²) in [6, 6.07) is 0. The van der Waals surface area contributed by atoms with Gasteiger partial charge in [-0.1, -0.05) is 68.2 Å². The molecule has 0 amide bonds. The van der Waals surface area contributed by atoms with Crippen LogP contribution >= 0.6 is 0 Å². The molecule has 0 aromatic heterocycles. The molecule has 0 aromatic carbocycles. The van der Waals surface area contributed by atoms with Gasteiger partial charge in [-0.25, -0.2) is 0 Å². The third kappa shape index (κ3) is 2.08. The van der Waals surface area contributed by atoms with Crippen LogP contribution in [-0.2, 0) is 0 Å². The van der Waals surface area contributed by atoms with Crippen LogP contribution in [0.5, 0.6) is 0 Å². The highest BCUT2D eigenvalue weighted by Gasteiger charge is 2.59. The molecule has 0 heterocycles. The van der Waals surface area contributed by atoms with E-state index >= 15 is 0 Å². The lowest BCUT2D eigenvalue weighted by Gasteiger charge is -2.55. The van der Waals surface area contributed by atoms with Crippen molar-refractivity contribution in [2.45, 2.75) is 81.1 Å². The zero-order valence-corrected chi connectivity index (χ0v) is 15.2. The molecule has 2 rings (SSSR count). The summed E-state index contributed by atoms with van der Waals surface area (Å²) in [7, 11) is 0. The smallest absolute Gasteiger partial charge is 0.0176 e. The molecule has 0 spiro atoms. The second-order valence-corrected chi connectivity index (χ2v) is 8.86. The van der Waals surface area contributed by atoms with Gasteiger partial charge in [0.15, 0.2) is 0 Å². The van der Waals surface area contributed by atoms with Crippen LogP contribution in [-0.4, -0.2) is 0 Å². The summed E-state index contributed by atoms with van der Waals surface area (Å²) in [6.45, 7) is 20.2. The van der Waals surface area contributed by atoms with E-state index in [1.807, 2.05) is 0 Å². The lowest BCUT2D eigenvalue weighted by Crippen LogP contribution is -2.48. The van der Waals surface area contributed by atoms with Gasteiger partial charge in [0.05, 0.1) is 0 Å². The maximum absolute atomic E-state index is 2.63. The monoisotopic (exact) mass is 277 g/mol. The van der Waals surface area contributed by atoms with Crippen molar-refractivity contribution in [2.75, 3.05) is 0 Å². The van der Waals surface area contributed by atoms with Crippen molar-refractivity contribution in [1.82, 2.24) is 0 Å². The number of rotatable bonds is 1. The Morgan fingerprint density at radius 2 is 1.60 bits per heavy atom. The van der Waals surface area contributed by atoms with Crippen LogP contribution < -0.4 is 0 Å². The molecule has 7 atom stereocenters. The SMILES string of the molecule is C[C]1C(C)CC(C)C1(C)C1(C)CCCC(C)C(C)C1C. The molecule has 0 nitrogen and oxygen atoms in total. The molecule has 0 N–H and O–H groups in total. The summed E-state index contributed by atoms with van der Waals surface area (Å²) in [6.07, 6.45) is 5.68. The standard InChI is InChI=1S/C20H37/c1-13-10-9-11-19(7,18(6)16(13)4)20(8)15(3)12-14(2)17(20)5/h13-16,18H,9-12H2,1-8H3. The first-order chi connectivity index (χ1) is 9.16. The molecule has 2 aliphatic carbocycles. The molecule has 0 saturated heterocycles. The Kier molecular flexibility index (Phi) is 4.36. The molecular formula is C20H37. The van der Waals surface area contributed by atoms with Gasteiger partial charge in [-0.05, 0) is 59.2 Å². The molecule has 0 bridgehead atoms. The number of hydrogen-bond donors (Lipinski definition) is 0. The van der Waals surface area contributed by atoms with Crippen LogP contribution in [0.15, 0.2) is 0 Å². The van der Waals surface area contributed by atoms with E-state index in [1.165, 1.54) is 25.7 Å². The maximum atomic E-state index is 2.63. The lowest BCUT2D eigenvalue weighted by atomic mass is 9.50. The van der Waals surface area contributed by atoms with E-state index < -0.39 is 0 Å². The van der Waals surface area contributed by atoms with E-state index in [0.717, 1.165) is 29.6 Å². The summed E-state index contributed by atoms with van der Waals surface area (Å²) in [5.41, 5.74) is 0.912. The molecule has 1 radical (unpaired) electrons. The highest BCUT2D eigenvalue weighted by Crippen LogP contribution is 2.66. The first-order valence-corrected chi connectivity index (χ1v) is 9.00. The van der Waals surface area contributed by atoms with Crippen molar-refractivity contribution in [2.24, 2.45) is 40.4 Å². The Labute approximate surface area is 128 Å². The van der Waals surface area contributed by atoms with Crippen molar-refractivity contribution in [3.8, 4) is 0 Å². The van der Waals surface area contributed by atoms with E-state index in [4.69, 9.17) is 0 Å². The fourth-order valence-electron chi connectivity index (χ4n) is 5.94. The predicted molar refractivity (Wildman–Crippen MR) is 89.4 cm³/mol. The third-order valence-corrected chi connectivity index (χ3v) is 8.48. The summed E-state index contributed by atoms with van der Waals surface area (Å²) in [5, 5.41) is 0. The normalized spacial score (nSPS) is 54.9. The Balaban J connectivity index is 2.42. The lowest BCUT2D eigenvalue weighted by molar-refractivity contribution is -0.0269. The van der Waals surface area contributed by atoms with Crippen LogP contribution in [0.2, 0.25) is 0 Å². The van der Waals surface area contributed by atoms with Crippen molar-refractivity contribution in [1.29, 1.82) is 0 Å². The van der Waals surface area contributed by atoms with E-state index in [2.05, 4.69) is 55.4 Å².